The monoisotopic (exact) mass is 257 g/mol. The molecule has 1 fully saturated rings. The van der Waals surface area contributed by atoms with E-state index >= 15 is 0 Å². The number of carbonyl (C=O) groups excluding carboxylic acids is 1. The molecule has 2 rings (SSSR count). The van der Waals surface area contributed by atoms with Crippen LogP contribution in [0, 0.1) is 0 Å². The minimum Gasteiger partial charge on any atom is -0.379 e. The van der Waals surface area contributed by atoms with Crippen LogP contribution in [0.15, 0.2) is 6.20 Å². The molecule has 0 aromatic carbocycles. The molecule has 0 saturated carbocycles. The number of hydrogen-bond acceptors (Lipinski definition) is 4. The zero-order chi connectivity index (χ0) is 12.5. The van der Waals surface area contributed by atoms with Gasteiger partial charge in [-0.05, 0) is 12.8 Å². The highest BCUT2D eigenvalue weighted by Crippen LogP contribution is 2.25. The molecule has 1 aromatic rings. The van der Waals surface area contributed by atoms with Gasteiger partial charge in [0.1, 0.15) is 11.2 Å². The Morgan fingerprint density at radius 1 is 1.76 bits per heavy atom. The van der Waals surface area contributed by atoms with Crippen LogP contribution in [0.5, 0.6) is 0 Å². The number of Topliss-reactive ketones (excluding diaryl/α,β-unsaturated/α-hetero) is 1. The van der Waals surface area contributed by atoms with Crippen molar-refractivity contribution in [2.24, 2.45) is 5.73 Å². The number of nitrogens with zero attached hydrogens (tertiary/aromatic N) is 2. The Kier molecular flexibility index (Phi) is 3.51. The highest BCUT2D eigenvalue weighted by Gasteiger charge is 2.41. The molecular formula is C11H16ClN3O2. The first kappa shape index (κ1) is 12.5. The van der Waals surface area contributed by atoms with Crippen molar-refractivity contribution in [3.05, 3.63) is 16.9 Å². The Bertz CT molecular complexity index is 424. The SMILES string of the molecule is CCCn1ncc(Cl)c1C(=O)C1(N)CCOC1. The second-order valence-electron chi connectivity index (χ2n) is 4.35. The number of ketones is 1. The Balaban J connectivity index is 2.32. The first-order valence-electron chi connectivity index (χ1n) is 5.71. The van der Waals surface area contributed by atoms with Gasteiger partial charge < -0.3 is 10.5 Å². The Morgan fingerprint density at radius 3 is 3.12 bits per heavy atom. The van der Waals surface area contributed by atoms with Crippen molar-refractivity contribution in [1.29, 1.82) is 0 Å². The molecule has 1 aliphatic heterocycles. The van der Waals surface area contributed by atoms with Gasteiger partial charge in [-0.25, -0.2) is 0 Å². The van der Waals surface area contributed by atoms with Crippen molar-refractivity contribution in [2.45, 2.75) is 31.8 Å². The normalized spacial score (nSPS) is 24.2. The van der Waals surface area contributed by atoms with Crippen LogP contribution in [0.1, 0.15) is 30.3 Å². The molecule has 2 heterocycles. The fraction of sp³-hybridized carbons (Fsp3) is 0.636. The number of aromatic nitrogens is 2. The summed E-state index contributed by atoms with van der Waals surface area (Å²) in [6.45, 7) is 3.44. The van der Waals surface area contributed by atoms with E-state index in [1.165, 1.54) is 6.20 Å². The van der Waals surface area contributed by atoms with Crippen molar-refractivity contribution in [3.63, 3.8) is 0 Å². The van der Waals surface area contributed by atoms with E-state index in [1.807, 2.05) is 6.92 Å². The topological polar surface area (TPSA) is 70.1 Å². The fourth-order valence-corrected chi connectivity index (χ4v) is 2.19. The number of ether oxygens (including phenoxy) is 1. The minimum atomic E-state index is -0.949. The van der Waals surface area contributed by atoms with Crippen LogP contribution in [0.2, 0.25) is 5.02 Å². The summed E-state index contributed by atoms with van der Waals surface area (Å²) in [6.07, 6.45) is 2.90. The molecule has 0 radical (unpaired) electrons. The van der Waals surface area contributed by atoms with Crippen molar-refractivity contribution in [3.8, 4) is 0 Å². The lowest BCUT2D eigenvalue weighted by Crippen LogP contribution is -2.49. The average molecular weight is 258 g/mol. The summed E-state index contributed by atoms with van der Waals surface area (Å²) in [5, 5.41) is 4.46. The predicted molar refractivity (Wildman–Crippen MR) is 64.2 cm³/mol. The van der Waals surface area contributed by atoms with Crippen molar-refractivity contribution >= 4 is 17.4 Å². The van der Waals surface area contributed by atoms with E-state index in [1.54, 1.807) is 4.68 Å². The summed E-state index contributed by atoms with van der Waals surface area (Å²) in [4.78, 5) is 12.4. The van der Waals surface area contributed by atoms with E-state index in [2.05, 4.69) is 5.10 Å². The van der Waals surface area contributed by atoms with Crippen molar-refractivity contribution < 1.29 is 9.53 Å². The zero-order valence-electron chi connectivity index (χ0n) is 9.78. The molecule has 0 spiro atoms. The second kappa shape index (κ2) is 4.76. The third-order valence-corrected chi connectivity index (χ3v) is 3.23. The fourth-order valence-electron chi connectivity index (χ4n) is 1.97. The third kappa shape index (κ3) is 2.22. The molecule has 94 valence electrons. The van der Waals surface area contributed by atoms with Crippen LogP contribution in [0.4, 0.5) is 0 Å². The number of rotatable bonds is 4. The molecule has 1 aromatic heterocycles. The summed E-state index contributed by atoms with van der Waals surface area (Å²) in [5.74, 6) is -0.175. The molecule has 6 heteroatoms. The van der Waals surface area contributed by atoms with Crippen LogP contribution < -0.4 is 5.73 Å². The molecule has 0 aliphatic carbocycles. The number of hydrogen-bond donors (Lipinski definition) is 1. The van der Waals surface area contributed by atoms with E-state index < -0.39 is 5.54 Å². The van der Waals surface area contributed by atoms with Gasteiger partial charge in [0.25, 0.3) is 0 Å². The van der Waals surface area contributed by atoms with Gasteiger partial charge in [0.05, 0.1) is 17.8 Å². The number of halogens is 1. The standard InChI is InChI=1S/C11H16ClN3O2/c1-2-4-15-9(8(12)6-14-15)10(16)11(13)3-5-17-7-11/h6H,2-5,7,13H2,1H3. The van der Waals surface area contributed by atoms with E-state index in [0.717, 1.165) is 6.42 Å². The van der Waals surface area contributed by atoms with Crippen molar-refractivity contribution in [2.75, 3.05) is 13.2 Å². The van der Waals surface area contributed by atoms with E-state index in [9.17, 15) is 4.79 Å². The lowest BCUT2D eigenvalue weighted by molar-refractivity contribution is 0.0852. The molecule has 1 saturated heterocycles. The average Bonchev–Trinajstić information content (AvgIpc) is 2.87. The number of aryl methyl sites for hydroxylation is 1. The summed E-state index contributed by atoms with van der Waals surface area (Å²) in [6, 6.07) is 0. The predicted octanol–water partition coefficient (Wildman–Crippen LogP) is 1.25. The van der Waals surface area contributed by atoms with Crippen molar-refractivity contribution in [1.82, 2.24) is 9.78 Å². The molecule has 2 N–H and O–H groups in total. The maximum absolute atomic E-state index is 12.4. The molecular weight excluding hydrogens is 242 g/mol. The smallest absolute Gasteiger partial charge is 0.204 e. The highest BCUT2D eigenvalue weighted by atomic mass is 35.5. The Morgan fingerprint density at radius 2 is 2.53 bits per heavy atom. The van der Waals surface area contributed by atoms with Gasteiger partial charge in [0.2, 0.25) is 5.78 Å². The van der Waals surface area contributed by atoms with Gasteiger partial charge in [-0.2, -0.15) is 5.10 Å². The molecule has 5 nitrogen and oxygen atoms in total. The van der Waals surface area contributed by atoms with Gasteiger partial charge >= 0.3 is 0 Å². The van der Waals surface area contributed by atoms with E-state index in [4.69, 9.17) is 22.1 Å². The van der Waals surface area contributed by atoms with Crippen LogP contribution >= 0.6 is 11.6 Å². The first-order valence-corrected chi connectivity index (χ1v) is 6.09. The first-order chi connectivity index (χ1) is 8.08. The molecule has 1 atom stereocenters. The minimum absolute atomic E-state index is 0.175. The Hall–Kier alpha value is -0.910. The third-order valence-electron chi connectivity index (χ3n) is 2.95. The molecule has 1 unspecified atom stereocenters. The zero-order valence-corrected chi connectivity index (χ0v) is 10.5. The van der Waals surface area contributed by atoms with Crippen LogP contribution in [-0.2, 0) is 11.3 Å². The van der Waals surface area contributed by atoms with Crippen LogP contribution in [-0.4, -0.2) is 34.3 Å². The Labute approximate surface area is 105 Å². The van der Waals surface area contributed by atoms with Gasteiger partial charge in [-0.1, -0.05) is 18.5 Å². The van der Waals surface area contributed by atoms with Gasteiger partial charge in [-0.15, -0.1) is 0 Å². The maximum atomic E-state index is 12.4. The summed E-state index contributed by atoms with van der Waals surface area (Å²) < 4.78 is 6.82. The summed E-state index contributed by atoms with van der Waals surface area (Å²) in [7, 11) is 0. The van der Waals surface area contributed by atoms with Crippen LogP contribution in [0.25, 0.3) is 0 Å². The van der Waals surface area contributed by atoms with Crippen LogP contribution in [0.3, 0.4) is 0 Å². The summed E-state index contributed by atoms with van der Waals surface area (Å²) in [5.41, 5.74) is 5.51. The highest BCUT2D eigenvalue weighted by molar-refractivity contribution is 6.34. The maximum Gasteiger partial charge on any atom is 0.204 e. The summed E-state index contributed by atoms with van der Waals surface area (Å²) >= 11 is 6.02. The van der Waals surface area contributed by atoms with Gasteiger partial charge in [-0.3, -0.25) is 9.48 Å². The van der Waals surface area contributed by atoms with E-state index in [0.29, 0.717) is 30.3 Å². The second-order valence-corrected chi connectivity index (χ2v) is 4.76. The number of nitrogens with two attached hydrogens (primary N) is 1. The molecule has 0 amide bonds. The quantitative estimate of drug-likeness (QED) is 0.824. The lowest BCUT2D eigenvalue weighted by Gasteiger charge is -2.20. The largest absolute Gasteiger partial charge is 0.379 e. The lowest BCUT2D eigenvalue weighted by atomic mass is 9.92. The van der Waals surface area contributed by atoms with Gasteiger partial charge in [0, 0.05) is 13.2 Å². The molecule has 1 aliphatic rings. The number of carbonyl (C=O) groups is 1. The van der Waals surface area contributed by atoms with E-state index in [-0.39, 0.29) is 12.4 Å². The van der Waals surface area contributed by atoms with Gasteiger partial charge in [0.15, 0.2) is 0 Å². The molecule has 0 bridgehead atoms. The molecule has 17 heavy (non-hydrogen) atoms.